The molecular weight excluding hydrogens is 416 g/mol. The molecule has 7 heteroatoms. The first kappa shape index (κ1) is 23.0. The first-order chi connectivity index (χ1) is 15.9. The zero-order valence-corrected chi connectivity index (χ0v) is 19.6. The van der Waals surface area contributed by atoms with Crippen molar-refractivity contribution in [3.63, 3.8) is 0 Å². The number of benzene rings is 2. The highest BCUT2D eigenvalue weighted by Gasteiger charge is 2.35. The van der Waals surface area contributed by atoms with Gasteiger partial charge in [-0.15, -0.1) is 0 Å². The second-order valence-corrected chi connectivity index (χ2v) is 9.05. The number of rotatable bonds is 6. The van der Waals surface area contributed by atoms with Crippen molar-refractivity contribution in [2.24, 2.45) is 16.8 Å². The minimum absolute atomic E-state index is 0.0312. The van der Waals surface area contributed by atoms with Crippen molar-refractivity contribution < 1.29 is 14.3 Å². The molecule has 0 radical (unpaired) electrons. The van der Waals surface area contributed by atoms with Crippen molar-refractivity contribution >= 4 is 17.5 Å². The van der Waals surface area contributed by atoms with Crippen LogP contribution in [0, 0.1) is 19.8 Å². The summed E-state index contributed by atoms with van der Waals surface area (Å²) in [5.41, 5.74) is 10.7. The molecule has 33 heavy (non-hydrogen) atoms. The smallest absolute Gasteiger partial charge is 0.257 e. The number of hydrazone groups is 1. The van der Waals surface area contributed by atoms with E-state index in [0.717, 1.165) is 33.7 Å². The maximum atomic E-state index is 13.5. The quantitative estimate of drug-likeness (QED) is 0.735. The van der Waals surface area contributed by atoms with Gasteiger partial charge in [-0.1, -0.05) is 35.9 Å². The summed E-state index contributed by atoms with van der Waals surface area (Å²) in [6.07, 6.45) is 2.04. The molecule has 2 amide bonds. The number of carbonyl (C=O) groups excluding carboxylic acids is 2. The Morgan fingerprint density at radius 2 is 1.88 bits per heavy atom. The molecule has 0 spiro atoms. The van der Waals surface area contributed by atoms with Gasteiger partial charge in [0.15, 0.2) is 0 Å². The number of methoxy groups -OCH3 is 1. The predicted octanol–water partition coefficient (Wildman–Crippen LogP) is 3.19. The third kappa shape index (κ3) is 5.09. The molecule has 2 aromatic carbocycles. The van der Waals surface area contributed by atoms with Gasteiger partial charge < -0.3 is 10.5 Å². The Hall–Kier alpha value is -3.19. The molecule has 0 saturated carbocycles. The van der Waals surface area contributed by atoms with Crippen LogP contribution in [0.5, 0.6) is 5.75 Å². The van der Waals surface area contributed by atoms with E-state index in [9.17, 15) is 9.59 Å². The maximum Gasteiger partial charge on any atom is 0.257 e. The van der Waals surface area contributed by atoms with Gasteiger partial charge in [0.25, 0.3) is 5.91 Å². The Labute approximate surface area is 195 Å². The molecule has 4 rings (SSSR count). The summed E-state index contributed by atoms with van der Waals surface area (Å²) in [6.45, 7) is 5.80. The molecule has 2 aliphatic heterocycles. The highest BCUT2D eigenvalue weighted by atomic mass is 16.5. The fraction of sp³-hybridized carbons (Fsp3) is 0.423. The average Bonchev–Trinajstić information content (AvgIpc) is 3.26. The minimum atomic E-state index is -0.247. The lowest BCUT2D eigenvalue weighted by Gasteiger charge is -2.32. The van der Waals surface area contributed by atoms with Gasteiger partial charge in [-0.25, -0.2) is 5.01 Å². The number of nitrogens with two attached hydrogens (primary N) is 1. The maximum absolute atomic E-state index is 13.5. The van der Waals surface area contributed by atoms with E-state index in [0.29, 0.717) is 32.4 Å². The lowest BCUT2D eigenvalue weighted by molar-refractivity contribution is -0.134. The van der Waals surface area contributed by atoms with Crippen LogP contribution in [0.25, 0.3) is 0 Å². The monoisotopic (exact) mass is 448 g/mol. The fourth-order valence-electron chi connectivity index (χ4n) is 4.72. The van der Waals surface area contributed by atoms with Gasteiger partial charge in [0.1, 0.15) is 5.75 Å². The van der Waals surface area contributed by atoms with Crippen LogP contribution in [0.1, 0.15) is 47.6 Å². The van der Waals surface area contributed by atoms with Crippen LogP contribution >= 0.6 is 0 Å². The fourth-order valence-corrected chi connectivity index (χ4v) is 4.72. The molecule has 174 valence electrons. The molecule has 1 fully saturated rings. The van der Waals surface area contributed by atoms with Gasteiger partial charge >= 0.3 is 0 Å². The van der Waals surface area contributed by atoms with E-state index in [2.05, 4.69) is 36.9 Å². The largest absolute Gasteiger partial charge is 0.497 e. The Kier molecular flexibility index (Phi) is 6.79. The number of hydrogen-bond donors (Lipinski definition) is 1. The van der Waals surface area contributed by atoms with Crippen LogP contribution in [0.2, 0.25) is 0 Å². The molecular formula is C26H32N4O3. The van der Waals surface area contributed by atoms with Crippen molar-refractivity contribution in [1.29, 1.82) is 0 Å². The summed E-state index contributed by atoms with van der Waals surface area (Å²) >= 11 is 0. The van der Waals surface area contributed by atoms with Crippen LogP contribution < -0.4 is 10.5 Å². The van der Waals surface area contributed by atoms with E-state index in [1.807, 2.05) is 24.3 Å². The second-order valence-electron chi connectivity index (χ2n) is 9.05. The standard InChI is InChI=1S/C26H32N4O3/c1-17-7-8-18(2)22(13-17)24-15-23(20-5-4-6-21(14-20)33-3)28-30(24)25(31)16-29-11-9-19(10-12-29)26(27)32/h4-8,13-14,19,24H,9-12,15-16H2,1-3H3,(H2,27,32)/t24-/m0/s1. The Bertz CT molecular complexity index is 1070. The van der Waals surface area contributed by atoms with Crippen LogP contribution in [0.15, 0.2) is 47.6 Å². The van der Waals surface area contributed by atoms with Crippen molar-refractivity contribution in [3.05, 3.63) is 64.7 Å². The first-order valence-electron chi connectivity index (χ1n) is 11.5. The number of carbonyl (C=O) groups is 2. The Morgan fingerprint density at radius 3 is 2.58 bits per heavy atom. The highest BCUT2D eigenvalue weighted by Crippen LogP contribution is 2.35. The van der Waals surface area contributed by atoms with E-state index in [1.54, 1.807) is 12.1 Å². The first-order valence-corrected chi connectivity index (χ1v) is 11.5. The molecule has 2 heterocycles. The SMILES string of the molecule is COc1cccc(C2=NN(C(=O)CN3CCC(C(N)=O)CC3)[C@H](c3cc(C)ccc3C)C2)c1. The molecule has 2 aliphatic rings. The van der Waals surface area contributed by atoms with Gasteiger partial charge in [0, 0.05) is 17.9 Å². The van der Waals surface area contributed by atoms with Crippen LogP contribution in [0.3, 0.4) is 0 Å². The molecule has 0 aromatic heterocycles. The number of amides is 2. The molecule has 2 N–H and O–H groups in total. The van der Waals surface area contributed by atoms with Crippen LogP contribution in [0.4, 0.5) is 0 Å². The van der Waals surface area contributed by atoms with Crippen molar-refractivity contribution in [2.75, 3.05) is 26.7 Å². The van der Waals surface area contributed by atoms with Crippen molar-refractivity contribution in [2.45, 2.75) is 39.2 Å². The number of aryl methyl sites for hydroxylation is 2. The topological polar surface area (TPSA) is 88.2 Å². The minimum Gasteiger partial charge on any atom is -0.497 e. The number of likely N-dealkylation sites (tertiary alicyclic amines) is 1. The van der Waals surface area contributed by atoms with Crippen LogP contribution in [-0.4, -0.2) is 54.2 Å². The lowest BCUT2D eigenvalue weighted by Crippen LogP contribution is -2.44. The zero-order chi connectivity index (χ0) is 23.5. The summed E-state index contributed by atoms with van der Waals surface area (Å²) < 4.78 is 5.39. The van der Waals surface area contributed by atoms with E-state index in [-0.39, 0.29) is 30.3 Å². The number of ether oxygens (including phenoxy) is 1. The van der Waals surface area contributed by atoms with Crippen LogP contribution in [-0.2, 0) is 9.59 Å². The third-order valence-corrected chi connectivity index (χ3v) is 6.71. The van der Waals surface area contributed by atoms with E-state index in [1.165, 1.54) is 0 Å². The van der Waals surface area contributed by atoms with Crippen molar-refractivity contribution in [3.8, 4) is 5.75 Å². The van der Waals surface area contributed by atoms with E-state index < -0.39 is 0 Å². The average molecular weight is 449 g/mol. The summed E-state index contributed by atoms with van der Waals surface area (Å²) in [7, 11) is 1.64. The molecule has 1 saturated heterocycles. The number of hydrogen-bond acceptors (Lipinski definition) is 5. The molecule has 2 aromatic rings. The van der Waals surface area contributed by atoms with Gasteiger partial charge in [-0.05, 0) is 63.0 Å². The van der Waals surface area contributed by atoms with Gasteiger partial charge in [0.2, 0.25) is 5.91 Å². The van der Waals surface area contributed by atoms with Gasteiger partial charge in [-0.2, -0.15) is 5.10 Å². The summed E-state index contributed by atoms with van der Waals surface area (Å²) in [5, 5.41) is 6.48. The van der Waals surface area contributed by atoms with Crippen molar-refractivity contribution in [1.82, 2.24) is 9.91 Å². The molecule has 0 aliphatic carbocycles. The molecule has 7 nitrogen and oxygen atoms in total. The van der Waals surface area contributed by atoms with E-state index >= 15 is 0 Å². The van der Waals surface area contributed by atoms with Gasteiger partial charge in [0.05, 0.1) is 25.4 Å². The second kappa shape index (κ2) is 9.75. The lowest BCUT2D eigenvalue weighted by atomic mass is 9.93. The number of piperidine rings is 1. The summed E-state index contributed by atoms with van der Waals surface area (Å²) in [4.78, 5) is 27.0. The molecule has 0 bridgehead atoms. The summed E-state index contributed by atoms with van der Waals surface area (Å²) in [5.74, 6) is 0.392. The third-order valence-electron chi connectivity index (χ3n) is 6.71. The molecule has 0 unspecified atom stereocenters. The predicted molar refractivity (Wildman–Crippen MR) is 128 cm³/mol. The summed E-state index contributed by atoms with van der Waals surface area (Å²) in [6, 6.07) is 14.0. The Balaban J connectivity index is 1.59. The highest BCUT2D eigenvalue weighted by molar-refractivity contribution is 6.03. The van der Waals surface area contributed by atoms with Gasteiger partial charge in [-0.3, -0.25) is 14.5 Å². The zero-order valence-electron chi connectivity index (χ0n) is 19.6. The normalized spacial score (nSPS) is 19.4. The number of primary amides is 1. The van der Waals surface area contributed by atoms with E-state index in [4.69, 9.17) is 15.6 Å². The molecule has 1 atom stereocenters. The Morgan fingerprint density at radius 1 is 1.12 bits per heavy atom. The number of nitrogens with zero attached hydrogens (tertiary/aromatic N) is 3.